The van der Waals surface area contributed by atoms with Crippen LogP contribution in [-0.2, 0) is 10.2 Å². The topological polar surface area (TPSA) is 46.1 Å². The van der Waals surface area contributed by atoms with Gasteiger partial charge in [-0.05, 0) is 45.7 Å². The van der Waals surface area contributed by atoms with E-state index in [4.69, 9.17) is 0 Å². The third kappa shape index (κ3) is 1.86. The Bertz CT molecular complexity index is 726. The monoisotopic (exact) mass is 281 g/mol. The molecular formula is C17H19N3O. The Morgan fingerprint density at radius 2 is 1.71 bits per heavy atom. The van der Waals surface area contributed by atoms with E-state index < -0.39 is 5.41 Å². The van der Waals surface area contributed by atoms with E-state index >= 15 is 0 Å². The van der Waals surface area contributed by atoms with E-state index in [0.717, 1.165) is 22.4 Å². The van der Waals surface area contributed by atoms with Crippen molar-refractivity contribution in [2.24, 2.45) is 0 Å². The lowest BCUT2D eigenvalue weighted by Gasteiger charge is -2.23. The number of hydrogen-bond donors (Lipinski definition) is 0. The highest BCUT2D eigenvalue weighted by molar-refractivity contribution is 6.12. The van der Waals surface area contributed by atoms with E-state index in [-0.39, 0.29) is 5.91 Å². The van der Waals surface area contributed by atoms with Crippen LogP contribution in [0.4, 0.5) is 11.5 Å². The predicted octanol–water partition coefficient (Wildman–Crippen LogP) is 3.36. The van der Waals surface area contributed by atoms with Crippen LogP contribution in [0.2, 0.25) is 0 Å². The van der Waals surface area contributed by atoms with Crippen molar-refractivity contribution < 1.29 is 4.79 Å². The molecule has 0 spiro atoms. The minimum atomic E-state index is -0.597. The van der Waals surface area contributed by atoms with Crippen LogP contribution < -0.4 is 4.90 Å². The Balaban J connectivity index is 2.28. The number of carbonyl (C=O) groups excluding carboxylic acids is 1. The molecule has 0 N–H and O–H groups in total. The third-order valence-corrected chi connectivity index (χ3v) is 4.17. The zero-order valence-electron chi connectivity index (χ0n) is 13.1. The van der Waals surface area contributed by atoms with Gasteiger partial charge < -0.3 is 0 Å². The van der Waals surface area contributed by atoms with Gasteiger partial charge in [0.15, 0.2) is 0 Å². The number of fused-ring (bicyclic) bond motifs is 1. The summed E-state index contributed by atoms with van der Waals surface area (Å²) in [6.45, 7) is 9.99. The van der Waals surface area contributed by atoms with Crippen molar-refractivity contribution >= 4 is 17.4 Å². The Kier molecular flexibility index (Phi) is 2.87. The molecule has 0 bridgehead atoms. The zero-order chi connectivity index (χ0) is 15.4. The summed E-state index contributed by atoms with van der Waals surface area (Å²) in [6.07, 6.45) is 3.25. The first-order chi connectivity index (χ1) is 9.84. The van der Waals surface area contributed by atoms with Gasteiger partial charge in [-0.2, -0.15) is 0 Å². The molecule has 0 saturated carbocycles. The number of carbonyl (C=O) groups is 1. The minimum absolute atomic E-state index is 0.0491. The summed E-state index contributed by atoms with van der Waals surface area (Å²) >= 11 is 0. The first-order valence-corrected chi connectivity index (χ1v) is 7.07. The molecular weight excluding hydrogens is 262 g/mol. The van der Waals surface area contributed by atoms with E-state index in [1.807, 2.05) is 27.7 Å². The van der Waals surface area contributed by atoms with Gasteiger partial charge in [-0.3, -0.25) is 9.69 Å². The maximum absolute atomic E-state index is 12.9. The van der Waals surface area contributed by atoms with Crippen LogP contribution in [0.5, 0.6) is 0 Å². The fourth-order valence-corrected chi connectivity index (χ4v) is 3.17. The average Bonchev–Trinajstić information content (AvgIpc) is 2.60. The van der Waals surface area contributed by atoms with E-state index in [1.54, 1.807) is 11.1 Å². The third-order valence-electron chi connectivity index (χ3n) is 4.17. The molecule has 0 atom stereocenters. The van der Waals surface area contributed by atoms with Crippen LogP contribution >= 0.6 is 0 Å². The normalized spacial score (nSPS) is 16.2. The van der Waals surface area contributed by atoms with Crippen LogP contribution in [0.3, 0.4) is 0 Å². The number of amides is 1. The Hall–Kier alpha value is -2.23. The molecule has 0 saturated heterocycles. The van der Waals surface area contributed by atoms with Crippen molar-refractivity contribution in [1.29, 1.82) is 0 Å². The predicted molar refractivity (Wildman–Crippen MR) is 82.9 cm³/mol. The molecule has 2 heterocycles. The summed E-state index contributed by atoms with van der Waals surface area (Å²) in [7, 11) is 0. The number of rotatable bonds is 1. The lowest BCUT2D eigenvalue weighted by atomic mass is 9.88. The summed E-state index contributed by atoms with van der Waals surface area (Å²) in [5.74, 6) is 0.753. The Labute approximate surface area is 124 Å². The smallest absolute Gasteiger partial charge is 0.243 e. The maximum Gasteiger partial charge on any atom is 0.243 e. The molecule has 0 unspecified atom stereocenters. The molecule has 0 radical (unpaired) electrons. The van der Waals surface area contributed by atoms with Gasteiger partial charge in [0.2, 0.25) is 5.91 Å². The van der Waals surface area contributed by atoms with Crippen molar-refractivity contribution in [2.75, 3.05) is 4.90 Å². The van der Waals surface area contributed by atoms with Crippen LogP contribution in [0.25, 0.3) is 0 Å². The Morgan fingerprint density at radius 3 is 2.33 bits per heavy atom. The molecule has 1 aliphatic rings. The van der Waals surface area contributed by atoms with Gasteiger partial charge in [0.1, 0.15) is 12.1 Å². The molecule has 108 valence electrons. The summed E-state index contributed by atoms with van der Waals surface area (Å²) in [4.78, 5) is 23.1. The van der Waals surface area contributed by atoms with Crippen LogP contribution in [-0.4, -0.2) is 15.9 Å². The lowest BCUT2D eigenvalue weighted by Crippen LogP contribution is -2.34. The summed E-state index contributed by atoms with van der Waals surface area (Å²) in [5.41, 5.74) is 4.60. The van der Waals surface area contributed by atoms with Crippen molar-refractivity contribution in [1.82, 2.24) is 9.97 Å². The SMILES string of the molecule is Cc1cc(C)c(N2C(=O)C(C)(C)c3cncnc32)c(C)c1. The molecule has 0 fully saturated rings. The lowest BCUT2D eigenvalue weighted by molar-refractivity contribution is -0.121. The molecule has 1 aromatic heterocycles. The molecule has 1 aromatic carbocycles. The van der Waals surface area contributed by atoms with E-state index in [2.05, 4.69) is 29.0 Å². The van der Waals surface area contributed by atoms with E-state index in [1.165, 1.54) is 11.9 Å². The number of aryl methyl sites for hydroxylation is 3. The summed E-state index contributed by atoms with van der Waals surface area (Å²) in [6, 6.07) is 4.20. The number of aromatic nitrogens is 2. The van der Waals surface area contributed by atoms with Crippen molar-refractivity contribution in [3.05, 3.63) is 46.9 Å². The van der Waals surface area contributed by atoms with Gasteiger partial charge >= 0.3 is 0 Å². The quantitative estimate of drug-likeness (QED) is 0.805. The number of hydrogen-bond acceptors (Lipinski definition) is 3. The van der Waals surface area contributed by atoms with Gasteiger partial charge in [-0.15, -0.1) is 0 Å². The van der Waals surface area contributed by atoms with Gasteiger partial charge in [-0.25, -0.2) is 9.97 Å². The second-order valence-electron chi connectivity index (χ2n) is 6.27. The van der Waals surface area contributed by atoms with Gasteiger partial charge in [0.05, 0.1) is 11.1 Å². The molecule has 4 heteroatoms. The van der Waals surface area contributed by atoms with Crippen LogP contribution in [0.15, 0.2) is 24.7 Å². The Morgan fingerprint density at radius 1 is 1.10 bits per heavy atom. The minimum Gasteiger partial charge on any atom is -0.273 e. The van der Waals surface area contributed by atoms with Crippen molar-refractivity contribution in [2.45, 2.75) is 40.0 Å². The van der Waals surface area contributed by atoms with Crippen LogP contribution in [0.1, 0.15) is 36.1 Å². The van der Waals surface area contributed by atoms with Gasteiger partial charge in [0.25, 0.3) is 0 Å². The number of nitrogens with zero attached hydrogens (tertiary/aromatic N) is 3. The highest BCUT2D eigenvalue weighted by Crippen LogP contribution is 2.45. The molecule has 1 amide bonds. The molecule has 21 heavy (non-hydrogen) atoms. The second kappa shape index (κ2) is 4.38. The van der Waals surface area contributed by atoms with Gasteiger partial charge in [0, 0.05) is 11.8 Å². The van der Waals surface area contributed by atoms with Crippen molar-refractivity contribution in [3.63, 3.8) is 0 Å². The average molecular weight is 281 g/mol. The molecule has 2 aromatic rings. The second-order valence-corrected chi connectivity index (χ2v) is 6.27. The fourth-order valence-electron chi connectivity index (χ4n) is 3.17. The number of benzene rings is 1. The van der Waals surface area contributed by atoms with Crippen LogP contribution in [0, 0.1) is 20.8 Å². The summed E-state index contributed by atoms with van der Waals surface area (Å²) in [5, 5.41) is 0. The zero-order valence-corrected chi connectivity index (χ0v) is 13.1. The molecule has 0 aliphatic carbocycles. The van der Waals surface area contributed by atoms with E-state index in [0.29, 0.717) is 5.82 Å². The number of anilines is 2. The largest absolute Gasteiger partial charge is 0.273 e. The molecule has 1 aliphatic heterocycles. The fraction of sp³-hybridized carbons (Fsp3) is 0.353. The molecule has 3 rings (SSSR count). The highest BCUT2D eigenvalue weighted by atomic mass is 16.2. The van der Waals surface area contributed by atoms with E-state index in [9.17, 15) is 4.79 Å². The standard InChI is InChI=1S/C17H19N3O/c1-10-6-11(2)14(12(3)7-10)20-15-13(8-18-9-19-15)17(4,5)16(20)21/h6-9H,1-5H3. The first-order valence-electron chi connectivity index (χ1n) is 7.07. The van der Waals surface area contributed by atoms with Crippen molar-refractivity contribution in [3.8, 4) is 0 Å². The maximum atomic E-state index is 12.9. The molecule has 4 nitrogen and oxygen atoms in total. The van der Waals surface area contributed by atoms with Gasteiger partial charge in [-0.1, -0.05) is 17.7 Å². The highest BCUT2D eigenvalue weighted by Gasteiger charge is 2.46. The first kappa shape index (κ1) is 13.7. The summed E-state index contributed by atoms with van der Waals surface area (Å²) < 4.78 is 0.